The molecule has 5 heteroatoms. The van der Waals surface area contributed by atoms with E-state index in [1.165, 1.54) is 6.07 Å². The Labute approximate surface area is 141 Å². The van der Waals surface area contributed by atoms with E-state index in [1.807, 2.05) is 19.1 Å². The minimum Gasteiger partial charge on any atom is -0.331 e. The summed E-state index contributed by atoms with van der Waals surface area (Å²) in [6, 6.07) is 13.0. The van der Waals surface area contributed by atoms with Crippen LogP contribution in [0.3, 0.4) is 0 Å². The van der Waals surface area contributed by atoms with Crippen molar-refractivity contribution in [1.82, 2.24) is 10.2 Å². The van der Waals surface area contributed by atoms with E-state index in [9.17, 15) is 9.18 Å². The van der Waals surface area contributed by atoms with E-state index in [2.05, 4.69) is 5.32 Å². The number of amides is 2. The topological polar surface area (TPSA) is 32.3 Å². The van der Waals surface area contributed by atoms with Crippen LogP contribution in [0.5, 0.6) is 0 Å². The summed E-state index contributed by atoms with van der Waals surface area (Å²) in [5.74, 6) is -0.325. The molecule has 0 radical (unpaired) electrons. The maximum Gasteiger partial charge on any atom is 0.318 e. The largest absolute Gasteiger partial charge is 0.331 e. The zero-order valence-electron chi connectivity index (χ0n) is 13.4. The first-order chi connectivity index (χ1) is 10.9. The zero-order chi connectivity index (χ0) is 17.0. The van der Waals surface area contributed by atoms with Gasteiger partial charge in [-0.2, -0.15) is 0 Å². The molecule has 2 amide bonds. The first-order valence-electron chi connectivity index (χ1n) is 7.43. The van der Waals surface area contributed by atoms with Gasteiger partial charge in [0.05, 0.1) is 12.1 Å². The highest BCUT2D eigenvalue weighted by Crippen LogP contribution is 2.22. The fourth-order valence-electron chi connectivity index (χ4n) is 2.33. The average molecular weight is 335 g/mol. The highest BCUT2D eigenvalue weighted by Gasteiger charge is 2.20. The Morgan fingerprint density at radius 2 is 1.74 bits per heavy atom. The number of rotatable bonds is 4. The van der Waals surface area contributed by atoms with Gasteiger partial charge in [-0.25, -0.2) is 9.18 Å². The van der Waals surface area contributed by atoms with Crippen LogP contribution in [0.25, 0.3) is 0 Å². The predicted molar refractivity (Wildman–Crippen MR) is 91.0 cm³/mol. The quantitative estimate of drug-likeness (QED) is 0.843. The van der Waals surface area contributed by atoms with Crippen LogP contribution in [0.4, 0.5) is 9.18 Å². The van der Waals surface area contributed by atoms with E-state index in [0.717, 1.165) is 5.56 Å². The Kier molecular flexibility index (Phi) is 5.61. The standard InChI is InChI=1S/C18H20ClFN2O/c1-12(16-6-4-5-7-17(16)20)21-18(23)22(3)13(2)14-8-10-15(19)11-9-14/h4-13H,1-3H3,(H,21,23)/t12-,13-/m0/s1. The fraction of sp³-hybridized carbons (Fsp3) is 0.278. The lowest BCUT2D eigenvalue weighted by molar-refractivity contribution is 0.191. The van der Waals surface area contributed by atoms with Crippen molar-refractivity contribution in [2.75, 3.05) is 7.05 Å². The molecular weight excluding hydrogens is 315 g/mol. The van der Waals surface area contributed by atoms with Gasteiger partial charge in [-0.05, 0) is 37.6 Å². The van der Waals surface area contributed by atoms with Gasteiger partial charge in [-0.3, -0.25) is 0 Å². The molecule has 0 aliphatic heterocycles. The molecule has 0 bridgehead atoms. The Morgan fingerprint density at radius 3 is 2.35 bits per heavy atom. The van der Waals surface area contributed by atoms with E-state index in [0.29, 0.717) is 10.6 Å². The van der Waals surface area contributed by atoms with Crippen LogP contribution in [0.2, 0.25) is 5.02 Å². The Balaban J connectivity index is 2.04. The van der Waals surface area contributed by atoms with Crippen LogP contribution in [-0.2, 0) is 0 Å². The summed E-state index contributed by atoms with van der Waals surface area (Å²) < 4.78 is 13.8. The molecule has 1 N–H and O–H groups in total. The lowest BCUT2D eigenvalue weighted by Gasteiger charge is -2.27. The summed E-state index contributed by atoms with van der Waals surface area (Å²) in [6.07, 6.45) is 0. The number of hydrogen-bond donors (Lipinski definition) is 1. The highest BCUT2D eigenvalue weighted by molar-refractivity contribution is 6.30. The number of hydrogen-bond acceptors (Lipinski definition) is 1. The van der Waals surface area contributed by atoms with Gasteiger partial charge in [0.25, 0.3) is 0 Å². The summed E-state index contributed by atoms with van der Waals surface area (Å²) in [4.78, 5) is 14.0. The van der Waals surface area contributed by atoms with E-state index in [-0.39, 0.29) is 17.9 Å². The van der Waals surface area contributed by atoms with Gasteiger partial charge >= 0.3 is 6.03 Å². The number of nitrogens with zero attached hydrogens (tertiary/aromatic N) is 1. The maximum absolute atomic E-state index is 13.8. The second kappa shape index (κ2) is 7.47. The van der Waals surface area contributed by atoms with Crippen molar-refractivity contribution in [3.05, 3.63) is 70.5 Å². The predicted octanol–water partition coefficient (Wildman–Crippen LogP) is 4.94. The molecule has 2 aromatic rings. The molecule has 0 heterocycles. The number of halogens is 2. The van der Waals surface area contributed by atoms with Crippen molar-refractivity contribution in [1.29, 1.82) is 0 Å². The van der Waals surface area contributed by atoms with Crippen LogP contribution in [0.15, 0.2) is 48.5 Å². The number of carbonyl (C=O) groups excluding carboxylic acids is 1. The first kappa shape index (κ1) is 17.3. The third-order valence-corrected chi connectivity index (χ3v) is 4.22. The van der Waals surface area contributed by atoms with Crippen molar-refractivity contribution in [3.63, 3.8) is 0 Å². The normalized spacial score (nSPS) is 13.3. The summed E-state index contributed by atoms with van der Waals surface area (Å²) in [6.45, 7) is 3.69. The maximum atomic E-state index is 13.8. The molecule has 0 fully saturated rings. The molecule has 0 saturated carbocycles. The second-order valence-corrected chi connectivity index (χ2v) is 5.97. The lowest BCUT2D eigenvalue weighted by atomic mass is 10.1. The molecule has 0 saturated heterocycles. The summed E-state index contributed by atoms with van der Waals surface area (Å²) in [5, 5.41) is 3.47. The van der Waals surface area contributed by atoms with Crippen LogP contribution in [-0.4, -0.2) is 18.0 Å². The monoisotopic (exact) mass is 334 g/mol. The fourth-order valence-corrected chi connectivity index (χ4v) is 2.46. The van der Waals surface area contributed by atoms with E-state index < -0.39 is 6.04 Å². The molecule has 0 aromatic heterocycles. The van der Waals surface area contributed by atoms with E-state index in [4.69, 9.17) is 11.6 Å². The van der Waals surface area contributed by atoms with Crippen molar-refractivity contribution >= 4 is 17.6 Å². The first-order valence-corrected chi connectivity index (χ1v) is 7.81. The Bertz CT molecular complexity index is 675. The molecule has 23 heavy (non-hydrogen) atoms. The molecule has 2 atom stereocenters. The smallest absolute Gasteiger partial charge is 0.318 e. The van der Waals surface area contributed by atoms with Gasteiger partial charge < -0.3 is 10.2 Å². The SMILES string of the molecule is C[C@H](NC(=O)N(C)[C@@H](C)c1ccc(Cl)cc1)c1ccccc1F. The Hall–Kier alpha value is -2.07. The molecule has 122 valence electrons. The third-order valence-electron chi connectivity index (χ3n) is 3.97. The summed E-state index contributed by atoms with van der Waals surface area (Å²) in [7, 11) is 1.71. The number of urea groups is 1. The second-order valence-electron chi connectivity index (χ2n) is 5.53. The molecule has 0 aliphatic rings. The van der Waals surface area contributed by atoms with Crippen molar-refractivity contribution in [2.45, 2.75) is 25.9 Å². The van der Waals surface area contributed by atoms with Crippen molar-refractivity contribution in [2.24, 2.45) is 0 Å². The van der Waals surface area contributed by atoms with Crippen LogP contribution >= 0.6 is 11.6 Å². The van der Waals surface area contributed by atoms with Crippen molar-refractivity contribution in [3.8, 4) is 0 Å². The van der Waals surface area contributed by atoms with E-state index >= 15 is 0 Å². The molecule has 2 aromatic carbocycles. The van der Waals surface area contributed by atoms with Crippen molar-refractivity contribution < 1.29 is 9.18 Å². The van der Waals surface area contributed by atoms with E-state index in [1.54, 1.807) is 49.2 Å². The van der Waals surface area contributed by atoms with Gasteiger partial charge in [0.15, 0.2) is 0 Å². The van der Waals surface area contributed by atoms with Crippen LogP contribution in [0.1, 0.15) is 37.1 Å². The molecule has 3 nitrogen and oxygen atoms in total. The molecular formula is C18H20ClFN2O. The van der Waals surface area contributed by atoms with Gasteiger partial charge in [0, 0.05) is 17.6 Å². The molecule has 2 rings (SSSR count). The molecule has 0 aliphatic carbocycles. The van der Waals surface area contributed by atoms with Gasteiger partial charge in [0.1, 0.15) is 5.82 Å². The molecule has 0 spiro atoms. The number of benzene rings is 2. The third kappa shape index (κ3) is 4.23. The van der Waals surface area contributed by atoms with Crippen LogP contribution < -0.4 is 5.32 Å². The summed E-state index contributed by atoms with van der Waals surface area (Å²) >= 11 is 5.88. The molecule has 0 unspecified atom stereocenters. The minimum absolute atomic E-state index is 0.125. The lowest BCUT2D eigenvalue weighted by Crippen LogP contribution is -2.40. The zero-order valence-corrected chi connectivity index (χ0v) is 14.1. The summed E-state index contributed by atoms with van der Waals surface area (Å²) in [5.41, 5.74) is 1.44. The minimum atomic E-state index is -0.413. The number of carbonyl (C=O) groups is 1. The number of nitrogens with one attached hydrogen (secondary N) is 1. The Morgan fingerprint density at radius 1 is 1.13 bits per heavy atom. The average Bonchev–Trinajstić information content (AvgIpc) is 2.54. The van der Waals surface area contributed by atoms with Gasteiger partial charge in [0.2, 0.25) is 0 Å². The highest BCUT2D eigenvalue weighted by atomic mass is 35.5. The van der Waals surface area contributed by atoms with Gasteiger partial charge in [-0.15, -0.1) is 0 Å². The van der Waals surface area contributed by atoms with Crippen LogP contribution in [0, 0.1) is 5.82 Å². The van der Waals surface area contributed by atoms with Gasteiger partial charge in [-0.1, -0.05) is 41.9 Å².